The monoisotopic (exact) mass is 328 g/mol. The number of nitrogens with one attached hydrogen (secondary N) is 1. The second kappa shape index (κ2) is 6.62. The van der Waals surface area contributed by atoms with Crippen LogP contribution >= 0.6 is 0 Å². The second-order valence-corrected chi connectivity index (χ2v) is 5.37. The topological polar surface area (TPSA) is 55.1 Å². The highest BCUT2D eigenvalue weighted by molar-refractivity contribution is 5.99. The Morgan fingerprint density at radius 1 is 1.17 bits per heavy atom. The molecular formula is C18H14F2N2O2. The third-order valence-electron chi connectivity index (χ3n) is 3.53. The molecule has 0 saturated heterocycles. The number of nitrogens with zero attached hydrogens (tertiary/aromatic N) is 1. The van der Waals surface area contributed by atoms with Gasteiger partial charge in [-0.05, 0) is 30.7 Å². The van der Waals surface area contributed by atoms with E-state index in [-0.39, 0.29) is 16.9 Å². The fourth-order valence-electron chi connectivity index (χ4n) is 2.35. The molecule has 1 N–H and O–H groups in total. The first kappa shape index (κ1) is 15.9. The van der Waals surface area contributed by atoms with Crippen LogP contribution in [-0.2, 0) is 6.54 Å². The van der Waals surface area contributed by atoms with Crippen LogP contribution in [0.25, 0.3) is 11.3 Å². The van der Waals surface area contributed by atoms with Crippen LogP contribution in [0, 0.1) is 18.6 Å². The van der Waals surface area contributed by atoms with E-state index >= 15 is 0 Å². The van der Waals surface area contributed by atoms with E-state index in [4.69, 9.17) is 4.52 Å². The third-order valence-corrected chi connectivity index (χ3v) is 3.53. The minimum Gasteiger partial charge on any atom is -0.355 e. The van der Waals surface area contributed by atoms with Crippen LogP contribution < -0.4 is 5.32 Å². The number of benzene rings is 2. The Labute approximate surface area is 137 Å². The van der Waals surface area contributed by atoms with Gasteiger partial charge in [-0.15, -0.1) is 0 Å². The lowest BCUT2D eigenvalue weighted by molar-refractivity contribution is 0.0951. The van der Waals surface area contributed by atoms with Gasteiger partial charge in [0.1, 0.15) is 5.56 Å². The van der Waals surface area contributed by atoms with Crippen LogP contribution in [0.15, 0.2) is 53.2 Å². The molecule has 0 bridgehead atoms. The first-order valence-electron chi connectivity index (χ1n) is 7.28. The standard InChI is InChI=1S/C18H14F2N2O2/c1-11-3-2-4-12(7-11)9-21-18(23)14-10-22-24-17(14)13-5-6-15(19)16(20)8-13/h2-8,10H,9H2,1H3,(H,21,23). The third kappa shape index (κ3) is 3.32. The summed E-state index contributed by atoms with van der Waals surface area (Å²) in [7, 11) is 0. The van der Waals surface area contributed by atoms with Gasteiger partial charge in [0.25, 0.3) is 5.91 Å². The van der Waals surface area contributed by atoms with Crippen molar-refractivity contribution in [3.8, 4) is 11.3 Å². The van der Waals surface area contributed by atoms with Gasteiger partial charge in [0.15, 0.2) is 17.4 Å². The van der Waals surface area contributed by atoms with E-state index in [1.807, 2.05) is 31.2 Å². The van der Waals surface area contributed by atoms with Crippen LogP contribution in [0.1, 0.15) is 21.5 Å². The summed E-state index contributed by atoms with van der Waals surface area (Å²) < 4.78 is 31.5. The van der Waals surface area contributed by atoms with Gasteiger partial charge in [-0.25, -0.2) is 8.78 Å². The number of carbonyl (C=O) groups is 1. The van der Waals surface area contributed by atoms with Crippen molar-refractivity contribution in [1.82, 2.24) is 10.5 Å². The van der Waals surface area contributed by atoms with Gasteiger partial charge in [0, 0.05) is 12.1 Å². The zero-order valence-corrected chi connectivity index (χ0v) is 12.8. The van der Waals surface area contributed by atoms with Crippen LogP contribution in [-0.4, -0.2) is 11.1 Å². The molecule has 0 aliphatic carbocycles. The molecule has 0 radical (unpaired) electrons. The zero-order valence-electron chi connectivity index (χ0n) is 12.8. The highest BCUT2D eigenvalue weighted by Gasteiger charge is 2.19. The minimum atomic E-state index is -1.02. The van der Waals surface area contributed by atoms with Crippen molar-refractivity contribution < 1.29 is 18.1 Å². The van der Waals surface area contributed by atoms with Crippen LogP contribution in [0.2, 0.25) is 0 Å². The molecule has 0 spiro atoms. The van der Waals surface area contributed by atoms with E-state index in [9.17, 15) is 13.6 Å². The Kier molecular flexibility index (Phi) is 4.37. The number of carbonyl (C=O) groups excluding carboxylic acids is 1. The van der Waals surface area contributed by atoms with E-state index in [1.54, 1.807) is 0 Å². The summed E-state index contributed by atoms with van der Waals surface area (Å²) in [6.45, 7) is 2.30. The summed E-state index contributed by atoms with van der Waals surface area (Å²) in [6, 6.07) is 11.0. The van der Waals surface area contributed by atoms with E-state index in [1.165, 1.54) is 12.3 Å². The molecule has 4 nitrogen and oxygen atoms in total. The Hall–Kier alpha value is -3.02. The second-order valence-electron chi connectivity index (χ2n) is 5.37. The molecular weight excluding hydrogens is 314 g/mol. The largest absolute Gasteiger partial charge is 0.355 e. The number of halogens is 2. The molecule has 3 aromatic rings. The molecule has 122 valence electrons. The molecule has 0 atom stereocenters. The summed E-state index contributed by atoms with van der Waals surface area (Å²) in [5.74, 6) is -2.30. The molecule has 0 aliphatic rings. The highest BCUT2D eigenvalue weighted by Crippen LogP contribution is 2.25. The predicted molar refractivity (Wildman–Crippen MR) is 84.2 cm³/mol. The lowest BCUT2D eigenvalue weighted by Crippen LogP contribution is -2.22. The number of aryl methyl sites for hydroxylation is 1. The van der Waals surface area contributed by atoms with Gasteiger partial charge in [-0.2, -0.15) is 0 Å². The van der Waals surface area contributed by atoms with Gasteiger partial charge in [-0.3, -0.25) is 4.79 Å². The summed E-state index contributed by atoms with van der Waals surface area (Å²) in [4.78, 5) is 12.3. The molecule has 6 heteroatoms. The lowest BCUT2D eigenvalue weighted by atomic mass is 10.1. The Bertz CT molecular complexity index is 890. The van der Waals surface area contributed by atoms with Gasteiger partial charge in [0.05, 0.1) is 6.20 Å². The van der Waals surface area contributed by atoms with Crippen molar-refractivity contribution in [1.29, 1.82) is 0 Å². The average molecular weight is 328 g/mol. The van der Waals surface area contributed by atoms with E-state index < -0.39 is 17.5 Å². The maximum Gasteiger partial charge on any atom is 0.257 e. The van der Waals surface area contributed by atoms with Crippen molar-refractivity contribution in [2.24, 2.45) is 0 Å². The molecule has 2 aromatic carbocycles. The molecule has 0 unspecified atom stereocenters. The molecule has 0 fully saturated rings. The first-order valence-corrected chi connectivity index (χ1v) is 7.28. The smallest absolute Gasteiger partial charge is 0.257 e. The van der Waals surface area contributed by atoms with Crippen molar-refractivity contribution in [3.05, 3.63) is 77.0 Å². The van der Waals surface area contributed by atoms with Gasteiger partial charge < -0.3 is 9.84 Å². The molecule has 0 saturated carbocycles. The Morgan fingerprint density at radius 3 is 2.75 bits per heavy atom. The number of aromatic nitrogens is 1. The van der Waals surface area contributed by atoms with Crippen molar-refractivity contribution in [2.75, 3.05) is 0 Å². The normalized spacial score (nSPS) is 10.6. The number of amides is 1. The minimum absolute atomic E-state index is 0.0932. The average Bonchev–Trinajstić information content (AvgIpc) is 3.05. The molecule has 24 heavy (non-hydrogen) atoms. The van der Waals surface area contributed by atoms with Crippen LogP contribution in [0.3, 0.4) is 0 Å². The maximum absolute atomic E-state index is 13.4. The lowest BCUT2D eigenvalue weighted by Gasteiger charge is -2.06. The number of hydrogen-bond acceptors (Lipinski definition) is 3. The van der Waals surface area contributed by atoms with Crippen molar-refractivity contribution in [2.45, 2.75) is 13.5 Å². The van der Waals surface area contributed by atoms with Crippen LogP contribution in [0.5, 0.6) is 0 Å². The summed E-state index contributed by atoms with van der Waals surface area (Å²) >= 11 is 0. The SMILES string of the molecule is Cc1cccc(CNC(=O)c2cnoc2-c2ccc(F)c(F)c2)c1. The quantitative estimate of drug-likeness (QED) is 0.791. The fraction of sp³-hybridized carbons (Fsp3) is 0.111. The fourth-order valence-corrected chi connectivity index (χ4v) is 2.35. The maximum atomic E-state index is 13.4. The summed E-state index contributed by atoms with van der Waals surface area (Å²) in [5, 5.41) is 6.35. The van der Waals surface area contributed by atoms with Gasteiger partial charge in [0.2, 0.25) is 0 Å². The van der Waals surface area contributed by atoms with E-state index in [0.717, 1.165) is 23.3 Å². The molecule has 1 aromatic heterocycles. The van der Waals surface area contributed by atoms with E-state index in [0.29, 0.717) is 6.54 Å². The summed E-state index contributed by atoms with van der Waals surface area (Å²) in [6.07, 6.45) is 1.25. The highest BCUT2D eigenvalue weighted by atomic mass is 19.2. The zero-order chi connectivity index (χ0) is 17.1. The molecule has 0 aliphatic heterocycles. The van der Waals surface area contributed by atoms with Crippen molar-refractivity contribution in [3.63, 3.8) is 0 Å². The van der Waals surface area contributed by atoms with Gasteiger partial charge >= 0.3 is 0 Å². The Morgan fingerprint density at radius 2 is 2.00 bits per heavy atom. The molecule has 3 rings (SSSR count). The Balaban J connectivity index is 1.79. The predicted octanol–water partition coefficient (Wildman–Crippen LogP) is 3.86. The van der Waals surface area contributed by atoms with Gasteiger partial charge in [-0.1, -0.05) is 35.0 Å². The number of hydrogen-bond donors (Lipinski definition) is 1. The van der Waals surface area contributed by atoms with E-state index in [2.05, 4.69) is 10.5 Å². The first-order chi connectivity index (χ1) is 11.5. The van der Waals surface area contributed by atoms with Crippen molar-refractivity contribution >= 4 is 5.91 Å². The summed E-state index contributed by atoms with van der Waals surface area (Å²) in [5.41, 5.74) is 2.45. The molecule has 1 heterocycles. The number of rotatable bonds is 4. The van der Waals surface area contributed by atoms with Crippen LogP contribution in [0.4, 0.5) is 8.78 Å². The molecule has 1 amide bonds.